The maximum atomic E-state index is 12.7. The highest BCUT2D eigenvalue weighted by atomic mass is 16.1. The summed E-state index contributed by atoms with van der Waals surface area (Å²) in [6.45, 7) is 4.03. The second kappa shape index (κ2) is 6.48. The van der Waals surface area contributed by atoms with E-state index in [1.807, 2.05) is 56.3 Å². The van der Waals surface area contributed by atoms with Gasteiger partial charge in [0, 0.05) is 23.3 Å². The van der Waals surface area contributed by atoms with E-state index in [2.05, 4.69) is 15.6 Å². The molecule has 3 rings (SSSR count). The molecule has 0 aliphatic rings. The van der Waals surface area contributed by atoms with E-state index >= 15 is 0 Å². The van der Waals surface area contributed by atoms with Gasteiger partial charge in [0.2, 0.25) is 0 Å². The number of carbonyl (C=O) groups excluding carboxylic acids is 1. The van der Waals surface area contributed by atoms with Crippen LogP contribution in [0.5, 0.6) is 0 Å². The number of amides is 1. The zero-order chi connectivity index (χ0) is 16.2. The molecule has 0 saturated heterocycles. The van der Waals surface area contributed by atoms with Crippen molar-refractivity contribution >= 4 is 28.2 Å². The molecule has 2 aromatic carbocycles. The minimum atomic E-state index is -0.169. The first-order valence-electron chi connectivity index (χ1n) is 7.66. The van der Waals surface area contributed by atoms with Crippen LogP contribution in [-0.4, -0.2) is 16.9 Å². The molecule has 4 nitrogen and oxygen atoms in total. The maximum absolute atomic E-state index is 12.7. The first kappa shape index (κ1) is 15.0. The summed E-state index contributed by atoms with van der Waals surface area (Å²) >= 11 is 0. The van der Waals surface area contributed by atoms with Crippen LogP contribution in [0.2, 0.25) is 0 Å². The molecule has 0 aliphatic carbocycles. The van der Waals surface area contributed by atoms with Gasteiger partial charge in [-0.05, 0) is 37.4 Å². The second-order valence-corrected chi connectivity index (χ2v) is 5.68. The Morgan fingerprint density at radius 2 is 1.78 bits per heavy atom. The number of hydrogen-bond donors (Lipinski definition) is 2. The van der Waals surface area contributed by atoms with E-state index in [1.54, 1.807) is 18.3 Å². The van der Waals surface area contributed by atoms with Crippen LogP contribution in [-0.2, 0) is 0 Å². The van der Waals surface area contributed by atoms with Crippen molar-refractivity contribution in [3.63, 3.8) is 0 Å². The fourth-order valence-corrected chi connectivity index (χ4v) is 2.50. The Morgan fingerprint density at radius 1 is 1.00 bits per heavy atom. The van der Waals surface area contributed by atoms with Crippen molar-refractivity contribution < 1.29 is 4.79 Å². The van der Waals surface area contributed by atoms with Gasteiger partial charge in [0.05, 0.1) is 5.56 Å². The summed E-state index contributed by atoms with van der Waals surface area (Å²) in [5.41, 5.74) is 1.33. The van der Waals surface area contributed by atoms with Crippen molar-refractivity contribution in [1.29, 1.82) is 0 Å². The van der Waals surface area contributed by atoms with E-state index in [9.17, 15) is 4.79 Å². The molecule has 0 saturated carbocycles. The molecule has 0 bridgehead atoms. The lowest BCUT2D eigenvalue weighted by molar-refractivity contribution is 0.102. The predicted molar refractivity (Wildman–Crippen MR) is 94.9 cm³/mol. The van der Waals surface area contributed by atoms with Crippen LogP contribution < -0.4 is 10.6 Å². The van der Waals surface area contributed by atoms with Crippen molar-refractivity contribution in [2.75, 3.05) is 10.6 Å². The molecule has 2 N–H and O–H groups in total. The molecule has 3 aromatic rings. The van der Waals surface area contributed by atoms with Crippen LogP contribution in [0.25, 0.3) is 10.8 Å². The Balaban J connectivity index is 1.93. The molecule has 0 unspecified atom stereocenters. The van der Waals surface area contributed by atoms with Crippen LogP contribution >= 0.6 is 0 Å². The number of pyridine rings is 1. The largest absolute Gasteiger partial charge is 0.367 e. The Hall–Kier alpha value is -2.88. The van der Waals surface area contributed by atoms with Gasteiger partial charge < -0.3 is 10.6 Å². The smallest absolute Gasteiger partial charge is 0.259 e. The summed E-state index contributed by atoms with van der Waals surface area (Å²) in [5.74, 6) is 0.429. The quantitative estimate of drug-likeness (QED) is 0.755. The first-order valence-corrected chi connectivity index (χ1v) is 7.66. The van der Waals surface area contributed by atoms with E-state index in [1.165, 1.54) is 0 Å². The van der Waals surface area contributed by atoms with Crippen LogP contribution in [0.15, 0.2) is 60.8 Å². The van der Waals surface area contributed by atoms with Crippen LogP contribution in [0, 0.1) is 0 Å². The molecule has 1 heterocycles. The summed E-state index contributed by atoms with van der Waals surface area (Å²) in [4.78, 5) is 16.9. The standard InChI is InChI=1S/C19H19N3O/c1-13(2)21-18-16(10-6-12-20-18)19(23)22-17-11-5-8-14-7-3-4-9-15(14)17/h3-13H,1-2H3,(H,20,21)(H,22,23). The Labute approximate surface area is 135 Å². The zero-order valence-electron chi connectivity index (χ0n) is 13.2. The lowest BCUT2D eigenvalue weighted by atomic mass is 10.1. The third-order valence-corrected chi connectivity index (χ3v) is 3.52. The van der Waals surface area contributed by atoms with Crippen molar-refractivity contribution in [3.8, 4) is 0 Å². The van der Waals surface area contributed by atoms with E-state index in [0.29, 0.717) is 11.4 Å². The summed E-state index contributed by atoms with van der Waals surface area (Å²) < 4.78 is 0. The normalized spacial score (nSPS) is 10.7. The molecule has 0 spiro atoms. The number of aromatic nitrogens is 1. The lowest BCUT2D eigenvalue weighted by Crippen LogP contribution is -2.18. The fraction of sp³-hybridized carbons (Fsp3) is 0.158. The minimum Gasteiger partial charge on any atom is -0.367 e. The summed E-state index contributed by atoms with van der Waals surface area (Å²) in [7, 11) is 0. The monoisotopic (exact) mass is 305 g/mol. The van der Waals surface area contributed by atoms with E-state index < -0.39 is 0 Å². The molecule has 0 atom stereocenters. The van der Waals surface area contributed by atoms with E-state index in [0.717, 1.165) is 16.5 Å². The van der Waals surface area contributed by atoms with E-state index in [4.69, 9.17) is 0 Å². The SMILES string of the molecule is CC(C)Nc1ncccc1C(=O)Nc1cccc2ccccc12. The van der Waals surface area contributed by atoms with Gasteiger partial charge in [-0.1, -0.05) is 36.4 Å². The molecule has 23 heavy (non-hydrogen) atoms. The van der Waals surface area contributed by atoms with Crippen molar-refractivity contribution in [2.45, 2.75) is 19.9 Å². The Kier molecular flexibility index (Phi) is 4.24. The number of nitrogens with one attached hydrogen (secondary N) is 2. The number of fused-ring (bicyclic) bond motifs is 1. The topological polar surface area (TPSA) is 54.0 Å². The average Bonchev–Trinajstić information content (AvgIpc) is 2.55. The number of nitrogens with zero attached hydrogens (tertiary/aromatic N) is 1. The molecular formula is C19H19N3O. The number of carbonyl (C=O) groups is 1. The highest BCUT2D eigenvalue weighted by molar-refractivity contribution is 6.11. The van der Waals surface area contributed by atoms with Crippen molar-refractivity contribution in [3.05, 3.63) is 66.4 Å². The summed E-state index contributed by atoms with van der Waals surface area (Å²) in [6.07, 6.45) is 1.68. The summed E-state index contributed by atoms with van der Waals surface area (Å²) in [5, 5.41) is 8.31. The van der Waals surface area contributed by atoms with E-state index in [-0.39, 0.29) is 11.9 Å². The highest BCUT2D eigenvalue weighted by Crippen LogP contribution is 2.24. The molecule has 0 fully saturated rings. The minimum absolute atomic E-state index is 0.169. The van der Waals surface area contributed by atoms with Gasteiger partial charge in [-0.25, -0.2) is 4.98 Å². The number of rotatable bonds is 4. The first-order chi connectivity index (χ1) is 11.1. The molecule has 1 aromatic heterocycles. The predicted octanol–water partition coefficient (Wildman–Crippen LogP) is 4.31. The van der Waals surface area contributed by atoms with Crippen LogP contribution in [0.3, 0.4) is 0 Å². The molecule has 0 aliphatic heterocycles. The van der Waals surface area contributed by atoms with Gasteiger partial charge >= 0.3 is 0 Å². The van der Waals surface area contributed by atoms with Crippen molar-refractivity contribution in [1.82, 2.24) is 4.98 Å². The van der Waals surface area contributed by atoms with Crippen LogP contribution in [0.1, 0.15) is 24.2 Å². The average molecular weight is 305 g/mol. The van der Waals surface area contributed by atoms with Crippen LogP contribution in [0.4, 0.5) is 11.5 Å². The summed E-state index contributed by atoms with van der Waals surface area (Å²) in [6, 6.07) is 17.6. The fourth-order valence-electron chi connectivity index (χ4n) is 2.50. The molecule has 0 radical (unpaired) electrons. The van der Waals surface area contributed by atoms with Gasteiger partial charge in [0.1, 0.15) is 5.82 Å². The van der Waals surface area contributed by atoms with Crippen molar-refractivity contribution in [2.24, 2.45) is 0 Å². The third-order valence-electron chi connectivity index (χ3n) is 3.52. The van der Waals surface area contributed by atoms with Gasteiger partial charge in [-0.3, -0.25) is 4.79 Å². The Morgan fingerprint density at radius 3 is 2.61 bits per heavy atom. The highest BCUT2D eigenvalue weighted by Gasteiger charge is 2.14. The number of anilines is 2. The number of benzene rings is 2. The Bertz CT molecular complexity index is 837. The molecule has 116 valence electrons. The van der Waals surface area contributed by atoms with Gasteiger partial charge in [0.25, 0.3) is 5.91 Å². The number of hydrogen-bond acceptors (Lipinski definition) is 3. The molecule has 4 heteroatoms. The zero-order valence-corrected chi connectivity index (χ0v) is 13.2. The maximum Gasteiger partial charge on any atom is 0.259 e. The van der Waals surface area contributed by atoms with Gasteiger partial charge in [-0.2, -0.15) is 0 Å². The van der Waals surface area contributed by atoms with Gasteiger partial charge in [0.15, 0.2) is 0 Å². The lowest BCUT2D eigenvalue weighted by Gasteiger charge is -2.14. The molecular weight excluding hydrogens is 286 g/mol. The third kappa shape index (κ3) is 3.31. The molecule has 1 amide bonds. The van der Waals surface area contributed by atoms with Gasteiger partial charge in [-0.15, -0.1) is 0 Å². The second-order valence-electron chi connectivity index (χ2n) is 5.68.